The number of imidazole rings is 1. The number of fused-ring (bicyclic) bond motifs is 1. The normalized spacial score (nSPS) is 14.5. The van der Waals surface area contributed by atoms with Crippen molar-refractivity contribution >= 4 is 28.6 Å². The van der Waals surface area contributed by atoms with Crippen molar-refractivity contribution in [3.05, 3.63) is 65.5 Å². The lowest BCUT2D eigenvalue weighted by Gasteiger charge is -2.17. The molecule has 1 fully saturated rings. The second kappa shape index (κ2) is 9.62. The largest absolute Gasteiger partial charge is 0.475 e. The number of halogens is 3. The summed E-state index contributed by atoms with van der Waals surface area (Å²) >= 11 is 0. The van der Waals surface area contributed by atoms with Crippen molar-refractivity contribution in [3.63, 3.8) is 0 Å². The van der Waals surface area contributed by atoms with Crippen LogP contribution in [-0.4, -0.2) is 50.7 Å². The molecule has 0 aliphatic heterocycles. The van der Waals surface area contributed by atoms with Crippen molar-refractivity contribution in [1.29, 1.82) is 0 Å². The molecule has 2 N–H and O–H groups in total. The summed E-state index contributed by atoms with van der Waals surface area (Å²) in [7, 11) is 3.83. The highest BCUT2D eigenvalue weighted by atomic mass is 19.4. The molecule has 0 unspecified atom stereocenters. The van der Waals surface area contributed by atoms with Gasteiger partial charge in [0.15, 0.2) is 11.5 Å². The molecule has 0 bridgehead atoms. The van der Waals surface area contributed by atoms with Crippen LogP contribution >= 0.6 is 0 Å². The van der Waals surface area contributed by atoms with Gasteiger partial charge >= 0.3 is 12.1 Å². The van der Waals surface area contributed by atoms with Crippen LogP contribution in [0.4, 0.5) is 24.7 Å². The third-order valence-corrected chi connectivity index (χ3v) is 6.73. The minimum absolute atomic E-state index is 0.0460. The number of hydrogen-bond acceptors (Lipinski definition) is 6. The number of carboxylic acid groups (broad SMARTS) is 1. The van der Waals surface area contributed by atoms with Gasteiger partial charge in [0.2, 0.25) is 5.82 Å². The molecular formula is C27H27F3N6O2. The number of alkyl halides is 3. The molecule has 2 aromatic heterocycles. The Bertz CT molecular complexity index is 1490. The molecule has 2 heterocycles. The Balaban J connectivity index is 1.70. The van der Waals surface area contributed by atoms with Gasteiger partial charge in [-0.1, -0.05) is 24.3 Å². The molecule has 38 heavy (non-hydrogen) atoms. The zero-order valence-electron chi connectivity index (χ0n) is 21.1. The van der Waals surface area contributed by atoms with Crippen LogP contribution in [0.5, 0.6) is 0 Å². The first kappa shape index (κ1) is 25.5. The number of aromatic nitrogens is 4. The Morgan fingerprint density at radius 2 is 1.84 bits per heavy atom. The molecule has 0 radical (unpaired) electrons. The van der Waals surface area contributed by atoms with Crippen LogP contribution in [0.2, 0.25) is 0 Å². The highest BCUT2D eigenvalue weighted by molar-refractivity contribution is 5.92. The van der Waals surface area contributed by atoms with E-state index >= 15 is 0 Å². The SMILES string of the molecule is C[C@@H](Nc1nc(C(=O)O)nc2nc(-c3cccc(N(C)C)c3)n(Cc3ccc(C(F)(F)F)cc3)c12)C1CC1. The Morgan fingerprint density at radius 3 is 2.45 bits per heavy atom. The van der Waals surface area contributed by atoms with Gasteiger partial charge in [0.25, 0.3) is 0 Å². The predicted molar refractivity (Wildman–Crippen MR) is 138 cm³/mol. The molecule has 1 aliphatic carbocycles. The number of carboxylic acids is 1. The molecule has 0 amide bonds. The van der Waals surface area contributed by atoms with Gasteiger partial charge in [-0.2, -0.15) is 13.2 Å². The summed E-state index contributed by atoms with van der Waals surface area (Å²) in [5.41, 5.74) is 2.25. The Hall–Kier alpha value is -4.15. The van der Waals surface area contributed by atoms with E-state index in [1.165, 1.54) is 12.1 Å². The van der Waals surface area contributed by atoms with Gasteiger partial charge in [0.05, 0.1) is 5.56 Å². The monoisotopic (exact) mass is 524 g/mol. The summed E-state index contributed by atoms with van der Waals surface area (Å²) in [4.78, 5) is 27.0. The Kier molecular flexibility index (Phi) is 6.46. The van der Waals surface area contributed by atoms with E-state index < -0.39 is 17.7 Å². The second-order valence-corrected chi connectivity index (χ2v) is 9.80. The van der Waals surface area contributed by atoms with Gasteiger partial charge in [-0.15, -0.1) is 0 Å². The summed E-state index contributed by atoms with van der Waals surface area (Å²) in [6, 6.07) is 12.7. The molecule has 1 aliphatic rings. The summed E-state index contributed by atoms with van der Waals surface area (Å²) in [5.74, 6) is -0.363. The van der Waals surface area contributed by atoms with Crippen molar-refractivity contribution in [1.82, 2.24) is 19.5 Å². The van der Waals surface area contributed by atoms with Gasteiger partial charge in [-0.05, 0) is 55.5 Å². The number of anilines is 2. The lowest BCUT2D eigenvalue weighted by atomic mass is 10.1. The molecule has 2 aromatic carbocycles. The average molecular weight is 525 g/mol. The minimum Gasteiger partial charge on any atom is -0.475 e. The van der Waals surface area contributed by atoms with Crippen molar-refractivity contribution in [2.75, 3.05) is 24.3 Å². The van der Waals surface area contributed by atoms with Crippen molar-refractivity contribution < 1.29 is 23.1 Å². The van der Waals surface area contributed by atoms with Gasteiger partial charge in [-0.25, -0.2) is 19.7 Å². The first-order chi connectivity index (χ1) is 18.0. The Morgan fingerprint density at radius 1 is 1.13 bits per heavy atom. The second-order valence-electron chi connectivity index (χ2n) is 9.80. The quantitative estimate of drug-likeness (QED) is 0.313. The van der Waals surface area contributed by atoms with Crippen molar-refractivity contribution in [3.8, 4) is 11.4 Å². The highest BCUT2D eigenvalue weighted by Crippen LogP contribution is 2.36. The highest BCUT2D eigenvalue weighted by Gasteiger charge is 2.31. The zero-order valence-corrected chi connectivity index (χ0v) is 21.1. The van der Waals surface area contributed by atoms with Crippen LogP contribution in [0.25, 0.3) is 22.6 Å². The summed E-state index contributed by atoms with van der Waals surface area (Å²) in [6.45, 7) is 2.20. The fraction of sp³-hybridized carbons (Fsp3) is 0.333. The number of benzene rings is 2. The fourth-order valence-electron chi connectivity index (χ4n) is 4.44. The summed E-state index contributed by atoms with van der Waals surface area (Å²) < 4.78 is 41.3. The maximum absolute atomic E-state index is 13.1. The van der Waals surface area contributed by atoms with E-state index in [0.29, 0.717) is 28.6 Å². The van der Waals surface area contributed by atoms with Crippen LogP contribution in [0.15, 0.2) is 48.5 Å². The maximum atomic E-state index is 13.1. The van der Waals surface area contributed by atoms with Crippen LogP contribution in [0, 0.1) is 5.92 Å². The molecule has 4 aromatic rings. The van der Waals surface area contributed by atoms with E-state index in [2.05, 4.69) is 15.3 Å². The average Bonchev–Trinajstić information content (AvgIpc) is 3.66. The number of hydrogen-bond donors (Lipinski definition) is 2. The third kappa shape index (κ3) is 5.13. The standard InChI is InChI=1S/C27H27F3N6O2/c1-15(17-9-10-17)31-22-21-23(33-24(32-22)26(37)38)34-25(18-5-4-6-20(13-18)35(2)3)36(21)14-16-7-11-19(12-8-16)27(28,29)30/h4-8,11-13,15,17H,9-10,14H2,1-3H3,(H,37,38)(H,31,32,33)/t15-/m1/s1. The van der Waals surface area contributed by atoms with Crippen molar-refractivity contribution in [2.24, 2.45) is 5.92 Å². The van der Waals surface area contributed by atoms with Crippen molar-refractivity contribution in [2.45, 2.75) is 38.5 Å². The van der Waals surface area contributed by atoms with E-state index in [4.69, 9.17) is 4.98 Å². The number of carbonyl (C=O) groups is 1. The molecule has 1 saturated carbocycles. The lowest BCUT2D eigenvalue weighted by Crippen LogP contribution is -2.20. The lowest BCUT2D eigenvalue weighted by molar-refractivity contribution is -0.137. The molecular weight excluding hydrogens is 497 g/mol. The van der Waals surface area contributed by atoms with Gasteiger partial charge in [0.1, 0.15) is 11.3 Å². The third-order valence-electron chi connectivity index (χ3n) is 6.73. The van der Waals surface area contributed by atoms with Gasteiger partial charge in [0, 0.05) is 37.9 Å². The molecule has 0 saturated heterocycles. The smallest absolute Gasteiger partial charge is 0.416 e. The number of nitrogens with zero attached hydrogens (tertiary/aromatic N) is 5. The van der Waals surface area contributed by atoms with E-state index in [1.807, 2.05) is 54.8 Å². The predicted octanol–water partition coefficient (Wildman–Crippen LogP) is 5.54. The molecule has 1 atom stereocenters. The number of rotatable bonds is 8. The van der Waals surface area contributed by atoms with Crippen LogP contribution < -0.4 is 10.2 Å². The molecule has 198 valence electrons. The fourth-order valence-corrected chi connectivity index (χ4v) is 4.44. The summed E-state index contributed by atoms with van der Waals surface area (Å²) in [6.07, 6.45) is -2.29. The molecule has 0 spiro atoms. The maximum Gasteiger partial charge on any atom is 0.416 e. The van der Waals surface area contributed by atoms with E-state index in [0.717, 1.165) is 36.2 Å². The Labute approximate surface area is 217 Å². The van der Waals surface area contributed by atoms with E-state index in [9.17, 15) is 23.1 Å². The van der Waals surface area contributed by atoms with Crippen LogP contribution in [0.1, 0.15) is 41.5 Å². The zero-order chi connectivity index (χ0) is 27.2. The first-order valence-corrected chi connectivity index (χ1v) is 12.2. The summed E-state index contributed by atoms with van der Waals surface area (Å²) in [5, 5.41) is 13.0. The number of nitrogens with one attached hydrogen (secondary N) is 1. The minimum atomic E-state index is -4.44. The molecule has 5 rings (SSSR count). The topological polar surface area (TPSA) is 96.2 Å². The van der Waals surface area contributed by atoms with Crippen LogP contribution in [-0.2, 0) is 12.7 Å². The van der Waals surface area contributed by atoms with E-state index in [1.54, 1.807) is 0 Å². The molecule has 11 heteroatoms. The first-order valence-electron chi connectivity index (χ1n) is 12.2. The van der Waals surface area contributed by atoms with Gasteiger partial charge in [-0.3, -0.25) is 0 Å². The number of aromatic carboxylic acids is 1. The van der Waals surface area contributed by atoms with Gasteiger partial charge < -0.3 is 19.9 Å². The van der Waals surface area contributed by atoms with E-state index in [-0.39, 0.29) is 24.1 Å². The molecule has 8 nitrogen and oxygen atoms in total. The van der Waals surface area contributed by atoms with Crippen LogP contribution in [0.3, 0.4) is 0 Å².